The fourth-order valence-corrected chi connectivity index (χ4v) is 2.68. The molecule has 1 saturated heterocycles. The predicted octanol–water partition coefficient (Wildman–Crippen LogP) is 0.306. The Bertz CT molecular complexity index is 333. The van der Waals surface area contributed by atoms with Crippen LogP contribution in [0.25, 0.3) is 0 Å². The Labute approximate surface area is 120 Å². The molecular weight excluding hydrogens is 260 g/mol. The summed E-state index contributed by atoms with van der Waals surface area (Å²) in [6.45, 7) is 5.15. The minimum absolute atomic E-state index is 0.00157. The molecule has 0 radical (unpaired) electrons. The number of likely N-dealkylation sites (tertiary alicyclic amines) is 1. The van der Waals surface area contributed by atoms with Crippen molar-refractivity contribution < 1.29 is 19.8 Å². The fourth-order valence-electron chi connectivity index (χ4n) is 2.68. The van der Waals surface area contributed by atoms with Gasteiger partial charge in [-0.1, -0.05) is 13.8 Å². The van der Waals surface area contributed by atoms with Crippen LogP contribution in [0.1, 0.15) is 33.1 Å². The van der Waals surface area contributed by atoms with Crippen LogP contribution in [0.2, 0.25) is 0 Å². The fraction of sp³-hybridized carbons (Fsp3) is 0.857. The number of hydrogen-bond donors (Lipinski definition) is 3. The van der Waals surface area contributed by atoms with Gasteiger partial charge in [-0.25, -0.2) is 0 Å². The maximum atomic E-state index is 11.8. The number of aliphatic carboxylic acids is 1. The van der Waals surface area contributed by atoms with E-state index in [0.29, 0.717) is 12.5 Å². The van der Waals surface area contributed by atoms with Gasteiger partial charge in [0.15, 0.2) is 0 Å². The van der Waals surface area contributed by atoms with Gasteiger partial charge in [0, 0.05) is 31.7 Å². The van der Waals surface area contributed by atoms with Crippen LogP contribution in [0.15, 0.2) is 0 Å². The zero-order chi connectivity index (χ0) is 15.1. The summed E-state index contributed by atoms with van der Waals surface area (Å²) >= 11 is 0. The van der Waals surface area contributed by atoms with E-state index in [-0.39, 0.29) is 31.0 Å². The molecule has 116 valence electrons. The van der Waals surface area contributed by atoms with Crippen LogP contribution in [0.3, 0.4) is 0 Å². The first-order valence-corrected chi connectivity index (χ1v) is 7.27. The lowest BCUT2D eigenvalue weighted by Crippen LogP contribution is -2.52. The number of rotatable bonds is 7. The SMILES string of the molecule is CC(C)C(=O)NC1CC(CCCO)CN(CC(=O)O)C1. The first kappa shape index (κ1) is 16.9. The van der Waals surface area contributed by atoms with E-state index in [9.17, 15) is 9.59 Å². The summed E-state index contributed by atoms with van der Waals surface area (Å²) in [7, 11) is 0. The number of nitrogens with zero attached hydrogens (tertiary/aromatic N) is 1. The molecule has 1 heterocycles. The molecule has 2 atom stereocenters. The van der Waals surface area contributed by atoms with Gasteiger partial charge in [0.1, 0.15) is 0 Å². The van der Waals surface area contributed by atoms with Crippen LogP contribution in [0.5, 0.6) is 0 Å². The number of carbonyl (C=O) groups is 2. The highest BCUT2D eigenvalue weighted by molar-refractivity contribution is 5.78. The molecule has 0 aromatic rings. The Kier molecular flexibility index (Phi) is 6.95. The van der Waals surface area contributed by atoms with Crippen molar-refractivity contribution in [3.8, 4) is 0 Å². The molecule has 2 unspecified atom stereocenters. The van der Waals surface area contributed by atoms with Crippen molar-refractivity contribution in [2.24, 2.45) is 11.8 Å². The highest BCUT2D eigenvalue weighted by Gasteiger charge is 2.29. The molecule has 20 heavy (non-hydrogen) atoms. The summed E-state index contributed by atoms with van der Waals surface area (Å²) in [4.78, 5) is 24.5. The van der Waals surface area contributed by atoms with Crippen LogP contribution in [0, 0.1) is 11.8 Å². The highest BCUT2D eigenvalue weighted by Crippen LogP contribution is 2.21. The van der Waals surface area contributed by atoms with Gasteiger partial charge in [-0.15, -0.1) is 0 Å². The van der Waals surface area contributed by atoms with Crippen molar-refractivity contribution in [3.63, 3.8) is 0 Å². The Balaban J connectivity index is 2.58. The van der Waals surface area contributed by atoms with E-state index in [1.54, 1.807) is 0 Å². The first-order chi connectivity index (χ1) is 9.42. The predicted molar refractivity (Wildman–Crippen MR) is 75.3 cm³/mol. The summed E-state index contributed by atoms with van der Waals surface area (Å²) in [5.74, 6) is -0.580. The molecule has 1 aliphatic rings. The molecule has 0 bridgehead atoms. The van der Waals surface area contributed by atoms with Gasteiger partial charge in [0.25, 0.3) is 0 Å². The minimum atomic E-state index is -0.846. The van der Waals surface area contributed by atoms with E-state index >= 15 is 0 Å². The van der Waals surface area contributed by atoms with Crippen molar-refractivity contribution >= 4 is 11.9 Å². The first-order valence-electron chi connectivity index (χ1n) is 7.27. The second kappa shape index (κ2) is 8.21. The molecule has 1 aliphatic heterocycles. The van der Waals surface area contributed by atoms with E-state index < -0.39 is 5.97 Å². The molecular formula is C14H26N2O4. The van der Waals surface area contributed by atoms with Crippen molar-refractivity contribution in [2.45, 2.75) is 39.2 Å². The van der Waals surface area contributed by atoms with E-state index in [4.69, 9.17) is 10.2 Å². The molecule has 0 saturated carbocycles. The number of carboxylic acids is 1. The molecule has 6 heteroatoms. The summed E-state index contributed by atoms with van der Waals surface area (Å²) < 4.78 is 0. The molecule has 0 aromatic heterocycles. The van der Waals surface area contributed by atoms with Crippen LogP contribution in [-0.2, 0) is 9.59 Å². The average Bonchev–Trinajstić information content (AvgIpc) is 2.35. The second-order valence-electron chi connectivity index (χ2n) is 5.92. The van der Waals surface area contributed by atoms with Crippen molar-refractivity contribution in [1.82, 2.24) is 10.2 Å². The Morgan fingerprint density at radius 1 is 1.35 bits per heavy atom. The average molecular weight is 286 g/mol. The molecule has 6 nitrogen and oxygen atoms in total. The zero-order valence-electron chi connectivity index (χ0n) is 12.3. The van der Waals surface area contributed by atoms with Crippen molar-refractivity contribution in [1.29, 1.82) is 0 Å². The molecule has 1 amide bonds. The van der Waals surface area contributed by atoms with Crippen molar-refractivity contribution in [3.05, 3.63) is 0 Å². The van der Waals surface area contributed by atoms with Crippen LogP contribution in [0.4, 0.5) is 0 Å². The van der Waals surface area contributed by atoms with E-state index in [1.165, 1.54) is 0 Å². The lowest BCUT2D eigenvalue weighted by Gasteiger charge is -2.37. The second-order valence-corrected chi connectivity index (χ2v) is 5.92. The molecule has 1 fully saturated rings. The number of aliphatic hydroxyl groups is 1. The summed E-state index contributed by atoms with van der Waals surface area (Å²) in [5.41, 5.74) is 0. The monoisotopic (exact) mass is 286 g/mol. The molecule has 0 aromatic carbocycles. The van der Waals surface area contributed by atoms with Crippen LogP contribution >= 0.6 is 0 Å². The molecule has 0 spiro atoms. The Morgan fingerprint density at radius 3 is 2.60 bits per heavy atom. The maximum absolute atomic E-state index is 11.8. The van der Waals surface area contributed by atoms with Crippen molar-refractivity contribution in [2.75, 3.05) is 26.2 Å². The van der Waals surface area contributed by atoms with Gasteiger partial charge in [-0.05, 0) is 25.2 Å². The molecule has 1 rings (SSSR count). The lowest BCUT2D eigenvalue weighted by atomic mass is 9.90. The third kappa shape index (κ3) is 5.88. The largest absolute Gasteiger partial charge is 0.480 e. The topological polar surface area (TPSA) is 89.9 Å². The number of aliphatic hydroxyl groups excluding tert-OH is 1. The third-order valence-electron chi connectivity index (χ3n) is 3.61. The normalized spacial score (nSPS) is 23.8. The summed E-state index contributed by atoms with van der Waals surface area (Å²) in [6, 6.07) is 0.00157. The van der Waals surface area contributed by atoms with Crippen LogP contribution < -0.4 is 5.32 Å². The lowest BCUT2D eigenvalue weighted by molar-refractivity contribution is -0.138. The highest BCUT2D eigenvalue weighted by atomic mass is 16.4. The van der Waals surface area contributed by atoms with Gasteiger partial charge < -0.3 is 15.5 Å². The van der Waals surface area contributed by atoms with Gasteiger partial charge >= 0.3 is 5.97 Å². The quantitative estimate of drug-likeness (QED) is 0.626. The Hall–Kier alpha value is -1.14. The number of hydrogen-bond acceptors (Lipinski definition) is 4. The van der Waals surface area contributed by atoms with E-state index in [0.717, 1.165) is 25.8 Å². The number of amides is 1. The zero-order valence-corrected chi connectivity index (χ0v) is 12.3. The number of carbonyl (C=O) groups excluding carboxylic acids is 1. The summed E-state index contributed by atoms with van der Waals surface area (Å²) in [6.07, 6.45) is 2.44. The van der Waals surface area contributed by atoms with E-state index in [2.05, 4.69) is 5.32 Å². The van der Waals surface area contributed by atoms with Gasteiger partial charge in [-0.2, -0.15) is 0 Å². The van der Waals surface area contributed by atoms with Gasteiger partial charge in [0.05, 0.1) is 6.54 Å². The molecule has 0 aliphatic carbocycles. The Morgan fingerprint density at radius 2 is 2.05 bits per heavy atom. The number of nitrogens with one attached hydrogen (secondary N) is 1. The van der Waals surface area contributed by atoms with Gasteiger partial charge in [-0.3, -0.25) is 14.5 Å². The van der Waals surface area contributed by atoms with E-state index in [1.807, 2.05) is 18.7 Å². The smallest absolute Gasteiger partial charge is 0.317 e. The minimum Gasteiger partial charge on any atom is -0.480 e. The number of piperidine rings is 1. The third-order valence-corrected chi connectivity index (χ3v) is 3.61. The maximum Gasteiger partial charge on any atom is 0.317 e. The standard InChI is InChI=1S/C14H26N2O4/c1-10(2)14(20)15-12-6-11(4-3-5-17)7-16(8-12)9-13(18)19/h10-12,17H,3-9H2,1-2H3,(H,15,20)(H,18,19). The molecule has 3 N–H and O–H groups in total. The van der Waals surface area contributed by atoms with Gasteiger partial charge in [0.2, 0.25) is 5.91 Å². The van der Waals surface area contributed by atoms with Crippen LogP contribution in [-0.4, -0.2) is 59.3 Å². The number of carboxylic acid groups (broad SMARTS) is 1. The summed E-state index contributed by atoms with van der Waals surface area (Å²) in [5, 5.41) is 20.8.